The lowest BCUT2D eigenvalue weighted by Gasteiger charge is -2.28. The molecular weight excluding hydrogens is 267 g/mol. The molecule has 0 heterocycles. The number of hydrogen-bond donors (Lipinski definition) is 1. The maximum Gasteiger partial charge on any atom is 0.416 e. The van der Waals surface area contributed by atoms with Crippen LogP contribution in [0.3, 0.4) is 0 Å². The van der Waals surface area contributed by atoms with Crippen LogP contribution in [0.4, 0.5) is 13.2 Å². The van der Waals surface area contributed by atoms with Crippen molar-refractivity contribution in [2.45, 2.75) is 51.4 Å². The summed E-state index contributed by atoms with van der Waals surface area (Å²) in [5, 5.41) is 0. The number of benzene rings is 1. The molecule has 2 atom stereocenters. The number of alkyl halides is 3. The Balaban J connectivity index is 2.15. The van der Waals surface area contributed by atoms with Gasteiger partial charge in [-0.15, -0.1) is 0 Å². The molecule has 1 aromatic rings. The maximum absolute atomic E-state index is 12.7. The van der Waals surface area contributed by atoms with E-state index in [9.17, 15) is 13.2 Å². The van der Waals surface area contributed by atoms with E-state index in [0.717, 1.165) is 31.4 Å². The first-order valence-corrected chi connectivity index (χ1v) is 6.97. The van der Waals surface area contributed by atoms with Gasteiger partial charge >= 0.3 is 6.18 Å². The summed E-state index contributed by atoms with van der Waals surface area (Å²) in [5.41, 5.74) is 5.28. The molecule has 1 aromatic carbocycles. The molecule has 0 aromatic heterocycles. The van der Waals surface area contributed by atoms with Gasteiger partial charge in [0, 0.05) is 12.1 Å². The van der Waals surface area contributed by atoms with Gasteiger partial charge in [-0.3, -0.25) is 0 Å². The van der Waals surface area contributed by atoms with Crippen molar-refractivity contribution in [2.24, 2.45) is 11.7 Å². The van der Waals surface area contributed by atoms with Crippen LogP contribution >= 0.6 is 0 Å². The van der Waals surface area contributed by atoms with E-state index in [2.05, 4.69) is 6.92 Å². The van der Waals surface area contributed by atoms with Gasteiger partial charge in [0.2, 0.25) is 0 Å². The van der Waals surface area contributed by atoms with Crippen molar-refractivity contribution in [3.8, 4) is 5.75 Å². The predicted octanol–water partition coefficient (Wildman–Crippen LogP) is 4.12. The Morgan fingerprint density at radius 2 is 2.05 bits per heavy atom. The van der Waals surface area contributed by atoms with E-state index in [1.807, 2.05) is 0 Å². The Bertz CT molecular complexity index is 459. The van der Waals surface area contributed by atoms with E-state index in [1.165, 1.54) is 12.5 Å². The van der Waals surface area contributed by atoms with Crippen LogP contribution in [0.15, 0.2) is 18.2 Å². The minimum absolute atomic E-state index is 0.0432. The third-order valence-corrected chi connectivity index (χ3v) is 3.79. The molecule has 0 spiro atoms. The van der Waals surface area contributed by atoms with Crippen molar-refractivity contribution in [3.05, 3.63) is 29.3 Å². The SMILES string of the molecule is CC1CCCC(Oc2ccc(C(F)(F)F)cc2CN)C1. The quantitative estimate of drug-likeness (QED) is 0.907. The van der Waals surface area contributed by atoms with Crippen molar-refractivity contribution < 1.29 is 17.9 Å². The Kier molecular flexibility index (Phi) is 4.58. The van der Waals surface area contributed by atoms with Gasteiger partial charge in [0.15, 0.2) is 0 Å². The van der Waals surface area contributed by atoms with E-state index in [-0.39, 0.29) is 12.6 Å². The molecule has 0 amide bonds. The molecule has 1 aliphatic rings. The molecule has 0 radical (unpaired) electrons. The first kappa shape index (κ1) is 15.2. The fraction of sp³-hybridized carbons (Fsp3) is 0.600. The van der Waals surface area contributed by atoms with Crippen LogP contribution in [-0.2, 0) is 12.7 Å². The van der Waals surface area contributed by atoms with Crippen LogP contribution in [0.5, 0.6) is 5.75 Å². The molecule has 1 saturated carbocycles. The summed E-state index contributed by atoms with van der Waals surface area (Å²) < 4.78 is 43.9. The van der Waals surface area contributed by atoms with Crippen molar-refractivity contribution in [3.63, 3.8) is 0 Å². The second-order valence-electron chi connectivity index (χ2n) is 5.54. The standard InChI is InChI=1S/C15H20F3NO/c1-10-3-2-4-13(7-10)20-14-6-5-12(15(16,17)18)8-11(14)9-19/h5-6,8,10,13H,2-4,7,9,19H2,1H3. The van der Waals surface area contributed by atoms with Crippen LogP contribution in [0.25, 0.3) is 0 Å². The molecule has 5 heteroatoms. The van der Waals surface area contributed by atoms with E-state index >= 15 is 0 Å². The topological polar surface area (TPSA) is 35.2 Å². The summed E-state index contributed by atoms with van der Waals surface area (Å²) in [5.74, 6) is 1.09. The van der Waals surface area contributed by atoms with Gasteiger partial charge in [0.1, 0.15) is 5.75 Å². The van der Waals surface area contributed by atoms with Crippen molar-refractivity contribution in [1.82, 2.24) is 0 Å². The second-order valence-corrected chi connectivity index (χ2v) is 5.54. The van der Waals surface area contributed by atoms with E-state index in [1.54, 1.807) is 0 Å². The third kappa shape index (κ3) is 3.66. The third-order valence-electron chi connectivity index (χ3n) is 3.79. The van der Waals surface area contributed by atoms with E-state index in [4.69, 9.17) is 10.5 Å². The Morgan fingerprint density at radius 1 is 1.30 bits per heavy atom. The zero-order valence-corrected chi connectivity index (χ0v) is 11.5. The van der Waals surface area contributed by atoms with Crippen LogP contribution in [0.1, 0.15) is 43.7 Å². The second kappa shape index (κ2) is 6.04. The van der Waals surface area contributed by atoms with Crippen molar-refractivity contribution >= 4 is 0 Å². The maximum atomic E-state index is 12.7. The van der Waals surface area contributed by atoms with Gasteiger partial charge < -0.3 is 10.5 Å². The first-order valence-electron chi connectivity index (χ1n) is 6.97. The highest BCUT2D eigenvalue weighted by Crippen LogP contribution is 2.34. The fourth-order valence-electron chi connectivity index (χ4n) is 2.70. The van der Waals surface area contributed by atoms with Gasteiger partial charge in [0.05, 0.1) is 11.7 Å². The predicted molar refractivity (Wildman–Crippen MR) is 71.4 cm³/mol. The average Bonchev–Trinajstić information content (AvgIpc) is 2.38. The summed E-state index contributed by atoms with van der Waals surface area (Å²) in [7, 11) is 0. The highest BCUT2D eigenvalue weighted by molar-refractivity contribution is 5.38. The lowest BCUT2D eigenvalue weighted by atomic mass is 9.88. The van der Waals surface area contributed by atoms with Crippen LogP contribution < -0.4 is 10.5 Å². The average molecular weight is 287 g/mol. The number of rotatable bonds is 3. The lowest BCUT2D eigenvalue weighted by molar-refractivity contribution is -0.137. The molecule has 1 aliphatic carbocycles. The van der Waals surface area contributed by atoms with Crippen molar-refractivity contribution in [1.29, 1.82) is 0 Å². The summed E-state index contributed by atoms with van der Waals surface area (Å²) >= 11 is 0. The molecule has 1 fully saturated rings. The van der Waals surface area contributed by atoms with Gasteiger partial charge in [0.25, 0.3) is 0 Å². The zero-order chi connectivity index (χ0) is 14.8. The molecule has 0 saturated heterocycles. The van der Waals surface area contributed by atoms with Gasteiger partial charge in [-0.2, -0.15) is 13.2 Å². The highest BCUT2D eigenvalue weighted by atomic mass is 19.4. The summed E-state index contributed by atoms with van der Waals surface area (Å²) in [4.78, 5) is 0. The van der Waals surface area contributed by atoms with Crippen LogP contribution in [-0.4, -0.2) is 6.10 Å². The largest absolute Gasteiger partial charge is 0.490 e. The fourth-order valence-corrected chi connectivity index (χ4v) is 2.70. The highest BCUT2D eigenvalue weighted by Gasteiger charge is 2.31. The Hall–Kier alpha value is -1.23. The number of nitrogens with two attached hydrogens (primary N) is 1. The minimum atomic E-state index is -4.35. The van der Waals surface area contributed by atoms with Gasteiger partial charge in [-0.05, 0) is 43.4 Å². The molecule has 2 nitrogen and oxygen atoms in total. The summed E-state index contributed by atoms with van der Waals surface area (Å²) in [6.45, 7) is 2.22. The van der Waals surface area contributed by atoms with Gasteiger partial charge in [-0.25, -0.2) is 0 Å². The molecule has 2 N–H and O–H groups in total. The number of ether oxygens (including phenoxy) is 1. The molecule has 0 aliphatic heterocycles. The number of halogens is 3. The first-order chi connectivity index (χ1) is 9.40. The normalized spacial score (nSPS) is 23.6. The molecule has 20 heavy (non-hydrogen) atoms. The van der Waals surface area contributed by atoms with E-state index in [0.29, 0.717) is 17.2 Å². The number of hydrogen-bond acceptors (Lipinski definition) is 2. The summed E-state index contributed by atoms with van der Waals surface area (Å²) in [6, 6.07) is 3.53. The summed E-state index contributed by atoms with van der Waals surface area (Å²) in [6.07, 6.45) is -0.0655. The minimum Gasteiger partial charge on any atom is -0.490 e. The van der Waals surface area contributed by atoms with Crippen molar-refractivity contribution in [2.75, 3.05) is 0 Å². The smallest absolute Gasteiger partial charge is 0.416 e. The molecule has 2 rings (SSSR count). The Morgan fingerprint density at radius 3 is 2.65 bits per heavy atom. The molecule has 112 valence electrons. The molecule has 2 unspecified atom stereocenters. The lowest BCUT2D eigenvalue weighted by Crippen LogP contribution is -2.24. The van der Waals surface area contributed by atoms with Gasteiger partial charge in [-0.1, -0.05) is 13.3 Å². The monoisotopic (exact) mass is 287 g/mol. The molecular formula is C15H20F3NO. The van der Waals surface area contributed by atoms with E-state index < -0.39 is 11.7 Å². The Labute approximate surface area is 117 Å². The van der Waals surface area contributed by atoms with Crippen LogP contribution in [0, 0.1) is 5.92 Å². The van der Waals surface area contributed by atoms with Crippen LogP contribution in [0.2, 0.25) is 0 Å². The zero-order valence-electron chi connectivity index (χ0n) is 11.5. The molecule has 0 bridgehead atoms.